The summed E-state index contributed by atoms with van der Waals surface area (Å²) in [6.07, 6.45) is 0. The number of carbonyl (C=O) groups is 1. The van der Waals surface area contributed by atoms with Gasteiger partial charge >= 0.3 is 0 Å². The number of carbonyl (C=O) groups excluding carboxylic acids is 1. The van der Waals surface area contributed by atoms with Crippen molar-refractivity contribution in [3.8, 4) is 0 Å². The van der Waals surface area contributed by atoms with Gasteiger partial charge in [-0.1, -0.05) is 18.2 Å². The third kappa shape index (κ3) is 5.55. The van der Waals surface area contributed by atoms with Crippen LogP contribution < -0.4 is 5.32 Å². The summed E-state index contributed by atoms with van der Waals surface area (Å²) in [6, 6.07) is 12.3. The van der Waals surface area contributed by atoms with Gasteiger partial charge < -0.3 is 5.32 Å². The molecule has 0 radical (unpaired) electrons. The third-order valence-corrected chi connectivity index (χ3v) is 6.10. The molecule has 0 fully saturated rings. The number of sulfonamides is 1. The molecule has 25 heavy (non-hydrogen) atoms. The summed E-state index contributed by atoms with van der Waals surface area (Å²) < 4.78 is 38.4. The van der Waals surface area contributed by atoms with Crippen molar-refractivity contribution in [2.24, 2.45) is 0 Å². The Morgan fingerprint density at radius 1 is 1.16 bits per heavy atom. The Kier molecular flexibility index (Phi) is 6.57. The van der Waals surface area contributed by atoms with Gasteiger partial charge in [0.25, 0.3) is 0 Å². The Morgan fingerprint density at radius 3 is 2.56 bits per heavy atom. The minimum Gasteiger partial charge on any atom is -0.325 e. The average Bonchev–Trinajstić information content (AvgIpc) is 2.55. The zero-order valence-electron chi connectivity index (χ0n) is 13.9. The van der Waals surface area contributed by atoms with Crippen LogP contribution in [0.5, 0.6) is 0 Å². The van der Waals surface area contributed by atoms with E-state index in [0.29, 0.717) is 11.4 Å². The van der Waals surface area contributed by atoms with Crippen molar-refractivity contribution < 1.29 is 17.6 Å². The molecule has 5 nitrogen and oxygen atoms in total. The van der Waals surface area contributed by atoms with E-state index in [1.165, 1.54) is 50.1 Å². The monoisotopic (exact) mass is 382 g/mol. The molecule has 0 saturated carbocycles. The van der Waals surface area contributed by atoms with Gasteiger partial charge in [-0.15, -0.1) is 11.8 Å². The van der Waals surface area contributed by atoms with Crippen LogP contribution in [0, 0.1) is 5.82 Å². The topological polar surface area (TPSA) is 66.5 Å². The molecule has 0 aliphatic carbocycles. The van der Waals surface area contributed by atoms with Gasteiger partial charge in [0.15, 0.2) is 0 Å². The number of benzene rings is 2. The summed E-state index contributed by atoms with van der Waals surface area (Å²) in [5, 5.41) is 2.67. The van der Waals surface area contributed by atoms with Gasteiger partial charge in [0.2, 0.25) is 15.9 Å². The molecular formula is C17H19FN2O3S2. The van der Waals surface area contributed by atoms with E-state index in [1.807, 2.05) is 0 Å². The molecule has 2 rings (SSSR count). The SMILES string of the molecule is CN(C)S(=O)(=O)c1cccc(NC(=O)CSCc2cccc(F)c2)c1. The van der Waals surface area contributed by atoms with Crippen LogP contribution in [0.15, 0.2) is 53.4 Å². The van der Waals surface area contributed by atoms with Gasteiger partial charge in [-0.25, -0.2) is 17.1 Å². The highest BCUT2D eigenvalue weighted by Gasteiger charge is 2.17. The maximum Gasteiger partial charge on any atom is 0.242 e. The first-order valence-corrected chi connectivity index (χ1v) is 10.0. The standard InChI is InChI=1S/C17H19FN2O3S2/c1-20(2)25(22,23)16-8-4-7-15(10-16)19-17(21)12-24-11-13-5-3-6-14(18)9-13/h3-10H,11-12H2,1-2H3,(H,19,21). The summed E-state index contributed by atoms with van der Waals surface area (Å²) >= 11 is 1.35. The number of thioether (sulfide) groups is 1. The fraction of sp³-hybridized carbons (Fsp3) is 0.235. The van der Waals surface area contributed by atoms with Crippen molar-refractivity contribution in [3.05, 3.63) is 59.9 Å². The molecule has 8 heteroatoms. The molecule has 0 unspecified atom stereocenters. The molecule has 0 aromatic heterocycles. The van der Waals surface area contributed by atoms with Gasteiger partial charge in [0.05, 0.1) is 10.6 Å². The first kappa shape index (κ1) is 19.4. The van der Waals surface area contributed by atoms with Crippen molar-refractivity contribution in [2.75, 3.05) is 25.2 Å². The lowest BCUT2D eigenvalue weighted by Gasteiger charge is -2.12. The first-order chi connectivity index (χ1) is 11.8. The largest absolute Gasteiger partial charge is 0.325 e. The predicted molar refractivity (Wildman–Crippen MR) is 98.5 cm³/mol. The van der Waals surface area contributed by atoms with Gasteiger partial charge in [-0.05, 0) is 35.9 Å². The maximum atomic E-state index is 13.1. The highest BCUT2D eigenvalue weighted by atomic mass is 32.2. The molecule has 1 amide bonds. The van der Waals surface area contributed by atoms with E-state index >= 15 is 0 Å². The van der Waals surface area contributed by atoms with Gasteiger partial charge in [-0.2, -0.15) is 0 Å². The molecule has 0 saturated heterocycles. The molecule has 134 valence electrons. The summed E-state index contributed by atoms with van der Waals surface area (Å²) in [6.45, 7) is 0. The number of hydrogen-bond donors (Lipinski definition) is 1. The summed E-state index contributed by atoms with van der Waals surface area (Å²) in [5.41, 5.74) is 1.22. The molecule has 0 aliphatic heterocycles. The second kappa shape index (κ2) is 8.46. The van der Waals surface area contributed by atoms with Gasteiger partial charge in [0.1, 0.15) is 5.82 Å². The Balaban J connectivity index is 1.92. The van der Waals surface area contributed by atoms with E-state index in [1.54, 1.807) is 24.3 Å². The van der Waals surface area contributed by atoms with Crippen molar-refractivity contribution in [2.45, 2.75) is 10.6 Å². The second-order valence-corrected chi connectivity index (χ2v) is 8.62. The molecule has 0 atom stereocenters. The van der Waals surface area contributed by atoms with Crippen LogP contribution in [0.2, 0.25) is 0 Å². The Morgan fingerprint density at radius 2 is 1.88 bits per heavy atom. The quantitative estimate of drug-likeness (QED) is 0.800. The predicted octanol–water partition coefficient (Wildman–Crippen LogP) is 2.95. The number of hydrogen-bond acceptors (Lipinski definition) is 4. The molecule has 1 N–H and O–H groups in total. The fourth-order valence-electron chi connectivity index (χ4n) is 2.03. The van der Waals surface area contributed by atoms with E-state index in [2.05, 4.69) is 5.32 Å². The van der Waals surface area contributed by atoms with E-state index < -0.39 is 10.0 Å². The summed E-state index contributed by atoms with van der Waals surface area (Å²) in [5.74, 6) is 0.142. The van der Waals surface area contributed by atoms with Crippen LogP contribution in [-0.2, 0) is 20.6 Å². The molecule has 0 bridgehead atoms. The lowest BCUT2D eigenvalue weighted by molar-refractivity contribution is -0.113. The molecule has 0 aliphatic rings. The summed E-state index contributed by atoms with van der Waals surface area (Å²) in [4.78, 5) is 12.1. The zero-order valence-corrected chi connectivity index (χ0v) is 15.5. The fourth-order valence-corrected chi connectivity index (χ4v) is 3.75. The second-order valence-electron chi connectivity index (χ2n) is 5.49. The van der Waals surface area contributed by atoms with Crippen LogP contribution in [0.3, 0.4) is 0 Å². The molecule has 2 aromatic carbocycles. The van der Waals surface area contributed by atoms with Crippen LogP contribution in [0.25, 0.3) is 0 Å². The average molecular weight is 382 g/mol. The smallest absolute Gasteiger partial charge is 0.242 e. The van der Waals surface area contributed by atoms with Crippen LogP contribution in [0.4, 0.5) is 10.1 Å². The van der Waals surface area contributed by atoms with Crippen molar-refractivity contribution in [3.63, 3.8) is 0 Å². The number of nitrogens with zero attached hydrogens (tertiary/aromatic N) is 1. The van der Waals surface area contributed by atoms with Crippen molar-refractivity contribution in [1.29, 1.82) is 0 Å². The highest BCUT2D eigenvalue weighted by Crippen LogP contribution is 2.19. The lowest BCUT2D eigenvalue weighted by Crippen LogP contribution is -2.22. The number of anilines is 1. The Bertz CT molecular complexity index is 854. The van der Waals surface area contributed by atoms with E-state index in [9.17, 15) is 17.6 Å². The van der Waals surface area contributed by atoms with Gasteiger partial charge in [0, 0.05) is 25.5 Å². The normalized spacial score (nSPS) is 11.5. The van der Waals surface area contributed by atoms with Crippen molar-refractivity contribution in [1.82, 2.24) is 4.31 Å². The lowest BCUT2D eigenvalue weighted by atomic mass is 10.2. The van der Waals surface area contributed by atoms with Gasteiger partial charge in [-0.3, -0.25) is 4.79 Å². The molecule has 0 heterocycles. The minimum absolute atomic E-state index is 0.114. The molecule has 0 spiro atoms. The Hall–Kier alpha value is -1.90. The minimum atomic E-state index is -3.55. The van der Waals surface area contributed by atoms with E-state index in [-0.39, 0.29) is 22.4 Å². The van der Waals surface area contributed by atoms with Crippen LogP contribution in [-0.4, -0.2) is 38.5 Å². The zero-order chi connectivity index (χ0) is 18.4. The van der Waals surface area contributed by atoms with E-state index in [0.717, 1.165) is 9.87 Å². The van der Waals surface area contributed by atoms with Crippen LogP contribution >= 0.6 is 11.8 Å². The van der Waals surface area contributed by atoms with Crippen molar-refractivity contribution >= 4 is 33.4 Å². The maximum absolute atomic E-state index is 13.1. The first-order valence-electron chi connectivity index (χ1n) is 7.43. The number of rotatable bonds is 7. The molecule has 2 aromatic rings. The third-order valence-electron chi connectivity index (χ3n) is 3.29. The number of nitrogens with one attached hydrogen (secondary N) is 1. The van der Waals surface area contributed by atoms with Crippen LogP contribution in [0.1, 0.15) is 5.56 Å². The molecular weight excluding hydrogens is 363 g/mol. The van der Waals surface area contributed by atoms with E-state index in [4.69, 9.17) is 0 Å². The summed E-state index contributed by atoms with van der Waals surface area (Å²) in [7, 11) is -0.655. The Labute approximate surface area is 151 Å². The number of amides is 1. The highest BCUT2D eigenvalue weighted by molar-refractivity contribution is 7.99. The number of halogens is 1.